The molecule has 5 heteroatoms. The lowest BCUT2D eigenvalue weighted by molar-refractivity contribution is -0.120. The van der Waals surface area contributed by atoms with Crippen LogP contribution < -0.4 is 10.6 Å². The van der Waals surface area contributed by atoms with E-state index >= 15 is 0 Å². The number of anilines is 1. The van der Waals surface area contributed by atoms with Crippen LogP contribution in [0, 0.1) is 5.92 Å². The van der Waals surface area contributed by atoms with Gasteiger partial charge in [-0.05, 0) is 43.5 Å². The molecule has 2 unspecified atom stereocenters. The lowest BCUT2D eigenvalue weighted by Crippen LogP contribution is -2.41. The number of amides is 1. The van der Waals surface area contributed by atoms with Crippen molar-refractivity contribution in [3.8, 4) is 0 Å². The van der Waals surface area contributed by atoms with Gasteiger partial charge in [-0.15, -0.1) is 11.8 Å². The minimum atomic E-state index is -0.109. The van der Waals surface area contributed by atoms with E-state index in [1.54, 1.807) is 11.8 Å². The fraction of sp³-hybridized carbons (Fsp3) is 0.533. The second kappa shape index (κ2) is 7.67. The van der Waals surface area contributed by atoms with Crippen molar-refractivity contribution >= 4 is 23.4 Å². The summed E-state index contributed by atoms with van der Waals surface area (Å²) in [6.07, 6.45) is 3.09. The molecule has 0 radical (unpaired) electrons. The molecule has 1 aliphatic rings. The van der Waals surface area contributed by atoms with E-state index in [1.807, 2.05) is 30.5 Å². The van der Waals surface area contributed by atoms with Crippen molar-refractivity contribution in [3.63, 3.8) is 0 Å². The average Bonchev–Trinajstić information content (AvgIpc) is 2.94. The number of hydrogen-bond acceptors (Lipinski definition) is 4. The molecule has 1 aromatic carbocycles. The molecular weight excluding hydrogens is 272 g/mol. The molecule has 2 atom stereocenters. The minimum Gasteiger partial charge on any atom is -0.379 e. The number of hydrogen-bond donors (Lipinski definition) is 2. The Balaban J connectivity index is 1.92. The molecule has 1 aromatic rings. The van der Waals surface area contributed by atoms with Crippen molar-refractivity contribution in [2.24, 2.45) is 5.92 Å². The molecule has 0 spiro atoms. The molecule has 0 aliphatic carbocycles. The van der Waals surface area contributed by atoms with Gasteiger partial charge in [-0.25, -0.2) is 0 Å². The van der Waals surface area contributed by atoms with Crippen LogP contribution in [-0.4, -0.2) is 38.0 Å². The summed E-state index contributed by atoms with van der Waals surface area (Å²) in [7, 11) is 0. The molecule has 2 rings (SSSR count). The van der Waals surface area contributed by atoms with E-state index < -0.39 is 0 Å². The van der Waals surface area contributed by atoms with Gasteiger partial charge in [0.2, 0.25) is 5.91 Å². The molecule has 0 bridgehead atoms. The highest BCUT2D eigenvalue weighted by Crippen LogP contribution is 2.20. The van der Waals surface area contributed by atoms with Crippen LogP contribution in [0.25, 0.3) is 0 Å². The van der Waals surface area contributed by atoms with E-state index in [9.17, 15) is 4.79 Å². The Hall–Kier alpha value is -1.04. The zero-order valence-corrected chi connectivity index (χ0v) is 12.8. The zero-order chi connectivity index (χ0) is 14.4. The van der Waals surface area contributed by atoms with E-state index in [0.717, 1.165) is 18.7 Å². The van der Waals surface area contributed by atoms with Gasteiger partial charge in [0.1, 0.15) is 0 Å². The molecule has 0 saturated carbocycles. The van der Waals surface area contributed by atoms with E-state index in [1.165, 1.54) is 4.90 Å². The molecule has 1 amide bonds. The summed E-state index contributed by atoms with van der Waals surface area (Å²) >= 11 is 1.69. The maximum absolute atomic E-state index is 12.3. The van der Waals surface area contributed by atoms with Crippen LogP contribution in [0.3, 0.4) is 0 Å². The van der Waals surface area contributed by atoms with Crippen molar-refractivity contribution in [1.82, 2.24) is 5.32 Å². The standard InChI is InChI=1S/C15H22N2O2S/c1-3-8-16-14-10-19-9-13(14)15(18)17-11-4-6-12(20-2)7-5-11/h4-7,13-14,16H,3,8-10H2,1-2H3,(H,17,18). The lowest BCUT2D eigenvalue weighted by Gasteiger charge is -2.18. The van der Waals surface area contributed by atoms with Gasteiger partial charge in [-0.2, -0.15) is 0 Å². The van der Waals surface area contributed by atoms with Crippen LogP contribution in [0.4, 0.5) is 5.69 Å². The quantitative estimate of drug-likeness (QED) is 0.791. The number of carbonyl (C=O) groups excluding carboxylic acids is 1. The lowest BCUT2D eigenvalue weighted by atomic mass is 10.0. The summed E-state index contributed by atoms with van der Waals surface area (Å²) in [6.45, 7) is 4.14. The molecule has 1 heterocycles. The minimum absolute atomic E-state index is 0.0352. The second-order valence-corrected chi connectivity index (χ2v) is 5.80. The molecule has 4 nitrogen and oxygen atoms in total. The van der Waals surface area contributed by atoms with Gasteiger partial charge in [-0.1, -0.05) is 6.92 Å². The first-order chi connectivity index (χ1) is 9.74. The Labute approximate surface area is 124 Å². The van der Waals surface area contributed by atoms with E-state index in [0.29, 0.717) is 13.2 Å². The van der Waals surface area contributed by atoms with Gasteiger partial charge in [0, 0.05) is 16.6 Å². The third kappa shape index (κ3) is 3.98. The summed E-state index contributed by atoms with van der Waals surface area (Å²) < 4.78 is 5.44. The third-order valence-electron chi connectivity index (χ3n) is 3.43. The summed E-state index contributed by atoms with van der Waals surface area (Å²) in [6, 6.07) is 8.03. The molecular formula is C15H22N2O2S. The Morgan fingerprint density at radius 1 is 1.35 bits per heavy atom. The Morgan fingerprint density at radius 3 is 2.75 bits per heavy atom. The SMILES string of the molecule is CCCNC1COCC1C(=O)Nc1ccc(SC)cc1. The highest BCUT2D eigenvalue weighted by atomic mass is 32.2. The number of carbonyl (C=O) groups is 1. The topological polar surface area (TPSA) is 50.4 Å². The van der Waals surface area contributed by atoms with E-state index in [4.69, 9.17) is 4.74 Å². The van der Waals surface area contributed by atoms with Crippen molar-refractivity contribution in [3.05, 3.63) is 24.3 Å². The first kappa shape index (κ1) is 15.4. The number of nitrogens with one attached hydrogen (secondary N) is 2. The van der Waals surface area contributed by atoms with Crippen LogP contribution in [0.5, 0.6) is 0 Å². The Kier molecular flexibility index (Phi) is 5.88. The highest BCUT2D eigenvalue weighted by molar-refractivity contribution is 7.98. The van der Waals surface area contributed by atoms with Crippen LogP contribution in [0.15, 0.2) is 29.2 Å². The normalized spacial score (nSPS) is 21.9. The number of thioether (sulfide) groups is 1. The van der Waals surface area contributed by atoms with Crippen molar-refractivity contribution in [2.75, 3.05) is 31.3 Å². The summed E-state index contributed by atoms with van der Waals surface area (Å²) in [5.41, 5.74) is 0.842. The van der Waals surface area contributed by atoms with Crippen LogP contribution in [0.2, 0.25) is 0 Å². The van der Waals surface area contributed by atoms with Crippen molar-refractivity contribution in [2.45, 2.75) is 24.3 Å². The van der Waals surface area contributed by atoms with E-state index in [2.05, 4.69) is 17.6 Å². The maximum atomic E-state index is 12.3. The second-order valence-electron chi connectivity index (χ2n) is 4.92. The summed E-state index contributed by atoms with van der Waals surface area (Å²) in [4.78, 5) is 13.5. The monoisotopic (exact) mass is 294 g/mol. The summed E-state index contributed by atoms with van der Waals surface area (Å²) in [5.74, 6) is -0.0743. The maximum Gasteiger partial charge on any atom is 0.231 e. The first-order valence-corrected chi connectivity index (χ1v) is 8.23. The predicted molar refractivity (Wildman–Crippen MR) is 83.2 cm³/mol. The molecule has 110 valence electrons. The average molecular weight is 294 g/mol. The predicted octanol–water partition coefficient (Wildman–Crippen LogP) is 2.36. The number of benzene rings is 1. The van der Waals surface area contributed by atoms with Gasteiger partial charge in [0.05, 0.1) is 19.1 Å². The fourth-order valence-corrected chi connectivity index (χ4v) is 2.66. The van der Waals surface area contributed by atoms with Gasteiger partial charge >= 0.3 is 0 Å². The largest absolute Gasteiger partial charge is 0.379 e. The molecule has 1 saturated heterocycles. The molecule has 0 aromatic heterocycles. The first-order valence-electron chi connectivity index (χ1n) is 7.00. The van der Waals surface area contributed by atoms with Gasteiger partial charge in [0.25, 0.3) is 0 Å². The molecule has 2 N–H and O–H groups in total. The zero-order valence-electron chi connectivity index (χ0n) is 12.0. The Morgan fingerprint density at radius 2 is 2.10 bits per heavy atom. The fourth-order valence-electron chi connectivity index (χ4n) is 2.25. The number of ether oxygens (including phenoxy) is 1. The van der Waals surface area contributed by atoms with Gasteiger partial charge in [-0.3, -0.25) is 4.79 Å². The molecule has 1 aliphatic heterocycles. The van der Waals surface area contributed by atoms with Crippen molar-refractivity contribution < 1.29 is 9.53 Å². The van der Waals surface area contributed by atoms with Crippen LogP contribution >= 0.6 is 11.8 Å². The highest BCUT2D eigenvalue weighted by Gasteiger charge is 2.33. The number of rotatable bonds is 6. The Bertz CT molecular complexity index is 436. The van der Waals surface area contributed by atoms with Gasteiger partial charge < -0.3 is 15.4 Å². The summed E-state index contributed by atoms with van der Waals surface area (Å²) in [5, 5.41) is 6.35. The smallest absolute Gasteiger partial charge is 0.231 e. The molecule has 20 heavy (non-hydrogen) atoms. The third-order valence-corrected chi connectivity index (χ3v) is 4.17. The van der Waals surface area contributed by atoms with E-state index in [-0.39, 0.29) is 17.9 Å². The molecule has 1 fully saturated rings. The van der Waals surface area contributed by atoms with Crippen LogP contribution in [0.1, 0.15) is 13.3 Å². The van der Waals surface area contributed by atoms with Crippen molar-refractivity contribution in [1.29, 1.82) is 0 Å². The van der Waals surface area contributed by atoms with Crippen LogP contribution in [-0.2, 0) is 9.53 Å². The van der Waals surface area contributed by atoms with Gasteiger partial charge in [0.15, 0.2) is 0 Å².